The number of hydrogen-bond donors (Lipinski definition) is 3. The van der Waals surface area contributed by atoms with Crippen LogP contribution in [0.3, 0.4) is 0 Å². The van der Waals surface area contributed by atoms with Crippen molar-refractivity contribution in [2.24, 2.45) is 0 Å². The number of amides is 1. The van der Waals surface area contributed by atoms with Crippen LogP contribution in [0.2, 0.25) is 0 Å². The van der Waals surface area contributed by atoms with Gasteiger partial charge in [0.2, 0.25) is 5.91 Å². The molecule has 3 N–H and O–H groups in total. The van der Waals surface area contributed by atoms with Crippen LogP contribution in [0.5, 0.6) is 0 Å². The molecule has 9 heteroatoms. The summed E-state index contributed by atoms with van der Waals surface area (Å²) in [6, 6.07) is 6.34. The zero-order valence-corrected chi connectivity index (χ0v) is 14.8. The van der Waals surface area contributed by atoms with E-state index in [0.29, 0.717) is 18.9 Å². The summed E-state index contributed by atoms with van der Waals surface area (Å²) >= 11 is 0. The quantitative estimate of drug-likeness (QED) is 0.473. The van der Waals surface area contributed by atoms with Crippen LogP contribution in [0.1, 0.15) is 17.2 Å². The number of nitrogens with zero attached hydrogens (tertiary/aromatic N) is 3. The van der Waals surface area contributed by atoms with Gasteiger partial charge in [-0.3, -0.25) is 9.59 Å². The largest absolute Gasteiger partial charge is 0.483 e. The highest BCUT2D eigenvalue weighted by molar-refractivity contribution is 5.88. The van der Waals surface area contributed by atoms with Crippen molar-refractivity contribution in [1.82, 2.24) is 19.9 Å². The number of rotatable bonds is 3. The van der Waals surface area contributed by atoms with Crippen molar-refractivity contribution in [3.63, 3.8) is 0 Å². The molecule has 3 heterocycles. The Kier molecular flexibility index (Phi) is 5.64. The predicted octanol–water partition coefficient (Wildman–Crippen LogP) is 2.48. The van der Waals surface area contributed by atoms with E-state index in [-0.39, 0.29) is 24.2 Å². The van der Waals surface area contributed by atoms with Crippen LogP contribution >= 0.6 is 0 Å². The average Bonchev–Trinajstić information content (AvgIpc) is 3.17. The molecule has 0 radical (unpaired) electrons. The van der Waals surface area contributed by atoms with E-state index >= 15 is 0 Å². The van der Waals surface area contributed by atoms with Crippen LogP contribution in [-0.4, -0.2) is 43.9 Å². The number of carbonyl (C=O) groups is 2. The van der Waals surface area contributed by atoms with E-state index in [1.54, 1.807) is 17.2 Å². The van der Waals surface area contributed by atoms with Crippen molar-refractivity contribution >= 4 is 29.2 Å². The third-order valence-corrected chi connectivity index (χ3v) is 4.40. The molecular weight excluding hydrogens is 365 g/mol. The molecule has 0 saturated carbocycles. The van der Waals surface area contributed by atoms with Gasteiger partial charge < -0.3 is 20.3 Å². The van der Waals surface area contributed by atoms with Gasteiger partial charge in [-0.25, -0.2) is 14.4 Å². The lowest BCUT2D eigenvalue weighted by Gasteiger charge is -2.35. The summed E-state index contributed by atoms with van der Waals surface area (Å²) in [7, 11) is 0. The molecule has 0 saturated heterocycles. The van der Waals surface area contributed by atoms with Crippen molar-refractivity contribution in [2.45, 2.75) is 12.6 Å². The SMILES string of the molecule is C=CC(=O)N1Cc2cc(F)ccc2C(Nc2ncnc3[nH]ccc23)C1.O=CO. The first-order chi connectivity index (χ1) is 13.6. The molecule has 8 nitrogen and oxygen atoms in total. The zero-order valence-electron chi connectivity index (χ0n) is 14.8. The maximum atomic E-state index is 13.7. The topological polar surface area (TPSA) is 111 Å². The minimum absolute atomic E-state index is 0.184. The number of fused-ring (bicyclic) bond motifs is 2. The molecule has 144 valence electrons. The highest BCUT2D eigenvalue weighted by Crippen LogP contribution is 2.31. The molecule has 1 unspecified atom stereocenters. The van der Waals surface area contributed by atoms with Crippen molar-refractivity contribution in [1.29, 1.82) is 0 Å². The second-order valence-electron chi connectivity index (χ2n) is 6.03. The number of H-pyrrole nitrogens is 1. The molecule has 1 atom stereocenters. The van der Waals surface area contributed by atoms with Gasteiger partial charge in [-0.05, 0) is 35.4 Å². The van der Waals surface area contributed by atoms with Gasteiger partial charge in [-0.15, -0.1) is 0 Å². The summed E-state index contributed by atoms with van der Waals surface area (Å²) < 4.78 is 13.7. The first kappa shape index (κ1) is 19.0. The van der Waals surface area contributed by atoms with Crippen molar-refractivity contribution < 1.29 is 19.1 Å². The Hall–Kier alpha value is -3.75. The van der Waals surface area contributed by atoms with E-state index < -0.39 is 0 Å². The molecule has 1 aliphatic rings. The van der Waals surface area contributed by atoms with Crippen LogP contribution in [0.15, 0.2) is 49.4 Å². The molecule has 1 aliphatic heterocycles. The molecule has 1 amide bonds. The molecule has 0 bridgehead atoms. The lowest BCUT2D eigenvalue weighted by atomic mass is 9.95. The molecular formula is C19H18FN5O3. The number of halogens is 1. The maximum Gasteiger partial charge on any atom is 0.290 e. The fraction of sp³-hybridized carbons (Fsp3) is 0.158. The minimum atomic E-state index is -0.319. The van der Waals surface area contributed by atoms with Crippen LogP contribution in [-0.2, 0) is 16.1 Å². The molecule has 3 aromatic rings. The Balaban J connectivity index is 0.000000706. The van der Waals surface area contributed by atoms with Crippen LogP contribution < -0.4 is 5.32 Å². The monoisotopic (exact) mass is 383 g/mol. The van der Waals surface area contributed by atoms with Crippen LogP contribution in [0, 0.1) is 5.82 Å². The van der Waals surface area contributed by atoms with Crippen molar-refractivity contribution in [3.05, 3.63) is 66.4 Å². The molecule has 0 fully saturated rings. The number of carbonyl (C=O) groups excluding carboxylic acids is 1. The Morgan fingerprint density at radius 2 is 2.18 bits per heavy atom. The number of nitrogens with one attached hydrogen (secondary N) is 2. The lowest BCUT2D eigenvalue weighted by Crippen LogP contribution is -2.39. The van der Waals surface area contributed by atoms with Gasteiger partial charge in [0, 0.05) is 19.3 Å². The molecule has 0 aliphatic carbocycles. The Labute approximate surface area is 159 Å². The van der Waals surface area contributed by atoms with Crippen molar-refractivity contribution in [2.75, 3.05) is 11.9 Å². The summed E-state index contributed by atoms with van der Waals surface area (Å²) in [5.41, 5.74) is 2.46. The number of benzene rings is 1. The first-order valence-corrected chi connectivity index (χ1v) is 8.39. The Bertz CT molecular complexity index is 1020. The molecule has 28 heavy (non-hydrogen) atoms. The fourth-order valence-corrected chi connectivity index (χ4v) is 3.21. The van der Waals surface area contributed by atoms with E-state index in [9.17, 15) is 9.18 Å². The third-order valence-electron chi connectivity index (χ3n) is 4.40. The van der Waals surface area contributed by atoms with Gasteiger partial charge in [0.25, 0.3) is 6.47 Å². The van der Waals surface area contributed by atoms with Crippen molar-refractivity contribution in [3.8, 4) is 0 Å². The smallest absolute Gasteiger partial charge is 0.290 e. The summed E-state index contributed by atoms with van der Waals surface area (Å²) in [6.45, 7) is 4.10. The first-order valence-electron chi connectivity index (χ1n) is 8.39. The number of hydrogen-bond acceptors (Lipinski definition) is 5. The van der Waals surface area contributed by atoms with Crippen LogP contribution in [0.4, 0.5) is 10.2 Å². The van der Waals surface area contributed by atoms with Gasteiger partial charge in [-0.1, -0.05) is 12.6 Å². The van der Waals surface area contributed by atoms with Gasteiger partial charge in [0.05, 0.1) is 11.4 Å². The molecule has 1 aromatic carbocycles. The highest BCUT2D eigenvalue weighted by Gasteiger charge is 2.28. The third kappa shape index (κ3) is 3.83. The fourth-order valence-electron chi connectivity index (χ4n) is 3.21. The van der Waals surface area contributed by atoms with E-state index in [1.165, 1.54) is 24.5 Å². The lowest BCUT2D eigenvalue weighted by molar-refractivity contribution is -0.127. The van der Waals surface area contributed by atoms with Crippen LogP contribution in [0.25, 0.3) is 11.0 Å². The summed E-state index contributed by atoms with van der Waals surface area (Å²) in [4.78, 5) is 33.6. The van der Waals surface area contributed by atoms with E-state index in [1.807, 2.05) is 6.07 Å². The molecule has 4 rings (SSSR count). The molecule has 2 aromatic heterocycles. The number of aromatic nitrogens is 3. The zero-order chi connectivity index (χ0) is 20.1. The summed E-state index contributed by atoms with van der Waals surface area (Å²) in [5, 5.41) is 11.1. The van der Waals surface area contributed by atoms with E-state index in [0.717, 1.165) is 22.2 Å². The summed E-state index contributed by atoms with van der Waals surface area (Å²) in [5.74, 6) is 0.163. The minimum Gasteiger partial charge on any atom is -0.483 e. The van der Waals surface area contributed by atoms with Gasteiger partial charge >= 0.3 is 0 Å². The Morgan fingerprint density at radius 1 is 1.39 bits per heavy atom. The number of carboxylic acid groups (broad SMARTS) is 1. The standard InChI is InChI=1S/C18H16FN5O.CH2O2/c1-2-16(25)24-8-11-7-12(19)3-4-13(11)15(9-24)23-18-14-5-6-20-17(14)21-10-22-18;2-1-3/h2-7,10,15H,1,8-9H2,(H2,20,21,22,23);1H,(H,2,3). The van der Waals surface area contributed by atoms with Gasteiger partial charge in [-0.2, -0.15) is 0 Å². The maximum absolute atomic E-state index is 13.7. The number of aromatic amines is 1. The second-order valence-corrected chi connectivity index (χ2v) is 6.03. The average molecular weight is 383 g/mol. The van der Waals surface area contributed by atoms with E-state index in [4.69, 9.17) is 9.90 Å². The van der Waals surface area contributed by atoms with Gasteiger partial charge in [0.1, 0.15) is 23.6 Å². The van der Waals surface area contributed by atoms with Gasteiger partial charge in [0.15, 0.2) is 0 Å². The number of anilines is 1. The highest BCUT2D eigenvalue weighted by atomic mass is 19.1. The normalized spacial score (nSPS) is 15.2. The molecule has 0 spiro atoms. The Morgan fingerprint density at radius 3 is 2.93 bits per heavy atom. The predicted molar refractivity (Wildman–Crippen MR) is 101 cm³/mol. The second kappa shape index (κ2) is 8.30. The summed E-state index contributed by atoms with van der Waals surface area (Å²) in [6.07, 6.45) is 4.54. The van der Waals surface area contributed by atoms with E-state index in [2.05, 4.69) is 26.8 Å².